The number of nitrogens with two attached hydrogens (primary N) is 6. The lowest BCUT2D eigenvalue weighted by Gasteiger charge is -2.27. The molecule has 0 heterocycles. The second-order valence-electron chi connectivity index (χ2n) is 15.4. The molecule has 8 amide bonds. The van der Waals surface area contributed by atoms with Crippen LogP contribution in [0.5, 0.6) is 0 Å². The number of rotatable bonds is 36. The second-order valence-corrected chi connectivity index (χ2v) is 16.3. The van der Waals surface area contributed by atoms with Crippen LogP contribution in [0.25, 0.3) is 0 Å². The van der Waals surface area contributed by atoms with Crippen molar-refractivity contribution < 1.29 is 78.0 Å². The first-order chi connectivity index (χ1) is 32.7. The average molecular weight is 1020 g/mol. The summed E-state index contributed by atoms with van der Waals surface area (Å²) in [5.74, 6) is -14.9. The summed E-state index contributed by atoms with van der Waals surface area (Å²) < 4.78 is 0. The Morgan fingerprint density at radius 1 is 0.471 bits per heavy atom. The summed E-state index contributed by atoms with van der Waals surface area (Å²) in [4.78, 5) is 159. The fourth-order valence-electron chi connectivity index (χ4n) is 5.83. The minimum Gasteiger partial charge on any atom is -0.481 e. The van der Waals surface area contributed by atoms with E-state index in [4.69, 9.17) is 44.6 Å². The molecule has 70 heavy (non-hydrogen) atoms. The molecule has 0 radical (unpaired) electrons. The molecule has 0 aliphatic rings. The third kappa shape index (κ3) is 27.3. The Hall–Kier alpha value is -7.51. The Balaban J connectivity index is 6.74. The lowest BCUT2D eigenvalue weighted by Crippen LogP contribution is -2.60. The van der Waals surface area contributed by atoms with E-state index in [9.17, 15) is 67.7 Å². The van der Waals surface area contributed by atoms with Crippen LogP contribution in [0.15, 0.2) is 9.98 Å². The van der Waals surface area contributed by atoms with E-state index in [1.165, 1.54) is 11.8 Å². The van der Waals surface area contributed by atoms with Crippen LogP contribution in [0.4, 0.5) is 0 Å². The molecule has 0 aliphatic heterocycles. The number of amides is 8. The Kier molecular flexibility index (Phi) is 29.5. The molecule has 0 spiro atoms. The van der Waals surface area contributed by atoms with Crippen LogP contribution in [0.1, 0.15) is 77.6 Å². The highest BCUT2D eigenvalue weighted by Gasteiger charge is 2.34. The van der Waals surface area contributed by atoms with E-state index in [1.54, 1.807) is 6.26 Å². The number of aliphatic imine (C=N–C) groups is 2. The first kappa shape index (κ1) is 62.5. The second kappa shape index (κ2) is 33.1. The number of primary amides is 1. The Labute approximate surface area is 404 Å². The summed E-state index contributed by atoms with van der Waals surface area (Å²) >= 11 is 1.23. The summed E-state index contributed by atoms with van der Waals surface area (Å²) in [6.07, 6.45) is -2.76. The predicted molar refractivity (Wildman–Crippen MR) is 247 cm³/mol. The maximum Gasteiger partial charge on any atom is 0.326 e. The summed E-state index contributed by atoms with van der Waals surface area (Å²) in [6, 6.07) is -12.8. The summed E-state index contributed by atoms with van der Waals surface area (Å²) in [5.41, 5.74) is 32.8. The number of hydrogen-bond donors (Lipinski definition) is 17. The molecule has 0 aromatic rings. The van der Waals surface area contributed by atoms with E-state index in [-0.39, 0.29) is 69.3 Å². The maximum atomic E-state index is 14.0. The lowest BCUT2D eigenvalue weighted by molar-refractivity contribution is -0.147. The molecule has 0 bridgehead atoms. The van der Waals surface area contributed by atoms with Gasteiger partial charge < -0.3 is 92.0 Å². The average Bonchev–Trinajstić information content (AvgIpc) is 3.25. The molecule has 0 saturated heterocycles. The minimum atomic E-state index is -1.86. The number of carbonyl (C=O) groups is 12. The fraction of sp³-hybridized carbons (Fsp3) is 0.632. The highest BCUT2D eigenvalue weighted by Crippen LogP contribution is 2.09. The number of hydrogen-bond acceptors (Lipinski definition) is 16. The van der Waals surface area contributed by atoms with E-state index >= 15 is 0 Å². The molecule has 0 rings (SSSR count). The van der Waals surface area contributed by atoms with Gasteiger partial charge in [0.05, 0.1) is 18.9 Å². The summed E-state index contributed by atoms with van der Waals surface area (Å²) in [5, 5.41) is 52.6. The van der Waals surface area contributed by atoms with Crippen molar-refractivity contribution in [1.29, 1.82) is 0 Å². The Morgan fingerprint density at radius 3 is 1.27 bits per heavy atom. The van der Waals surface area contributed by atoms with Crippen LogP contribution in [0.2, 0.25) is 0 Å². The van der Waals surface area contributed by atoms with Crippen LogP contribution in [-0.4, -0.2) is 177 Å². The lowest BCUT2D eigenvalue weighted by atomic mass is 10.0. The number of thioether (sulfide) groups is 1. The first-order valence-corrected chi connectivity index (χ1v) is 22.7. The van der Waals surface area contributed by atoms with Crippen molar-refractivity contribution in [3.63, 3.8) is 0 Å². The van der Waals surface area contributed by atoms with Gasteiger partial charge in [0.1, 0.15) is 42.3 Å². The number of nitrogens with zero attached hydrogens (tertiary/aromatic N) is 2. The van der Waals surface area contributed by atoms with Gasteiger partial charge in [0.15, 0.2) is 11.9 Å². The standard InChI is InChI=1S/C38H65N15O16S/c1-17(29(61)53-24(36(68)69)16-28(59)60)47-31(63)19(5-3-12-45-37(41)42)49-32(64)20(6-4-13-46-38(43)44)50-35(67)23(15-25(40)54)52-34(66)22(11-14-70-2)51-33(65)21(8-10-27(57)58)48-30(62)18(39)7-9-26(55)56/h17-24H,3-16,39H2,1-2H3,(H2,40,54)(H,47,63)(H,48,62)(H,49,64)(H,50,67)(H,51,65)(H,52,66)(H,53,61)(H,55,56)(H,57,58)(H,59,60)(H,68,69)(H4,41,42,45)(H4,43,44,46)/t17-,18-,19-,20-,21-,22-,23-,24-/m0/s1. The van der Waals surface area contributed by atoms with Gasteiger partial charge in [0, 0.05) is 25.9 Å². The van der Waals surface area contributed by atoms with Crippen molar-refractivity contribution in [3.8, 4) is 0 Å². The van der Waals surface area contributed by atoms with E-state index in [1.807, 2.05) is 5.32 Å². The largest absolute Gasteiger partial charge is 0.481 e. The normalized spacial score (nSPS) is 14.1. The van der Waals surface area contributed by atoms with Crippen molar-refractivity contribution in [2.45, 2.75) is 126 Å². The van der Waals surface area contributed by atoms with Gasteiger partial charge in [-0.15, -0.1) is 0 Å². The van der Waals surface area contributed by atoms with Gasteiger partial charge >= 0.3 is 23.9 Å². The van der Waals surface area contributed by atoms with Crippen molar-refractivity contribution in [3.05, 3.63) is 0 Å². The van der Waals surface area contributed by atoms with Gasteiger partial charge in [-0.25, -0.2) is 4.79 Å². The van der Waals surface area contributed by atoms with Crippen molar-refractivity contribution >= 4 is 94.8 Å². The molecule has 0 saturated carbocycles. The van der Waals surface area contributed by atoms with E-state index in [2.05, 4.69) is 41.9 Å². The van der Waals surface area contributed by atoms with Crippen LogP contribution in [0.3, 0.4) is 0 Å². The number of aliphatic carboxylic acids is 4. The van der Waals surface area contributed by atoms with Gasteiger partial charge in [-0.05, 0) is 63.9 Å². The van der Waals surface area contributed by atoms with Gasteiger partial charge in [-0.2, -0.15) is 11.8 Å². The molecule has 23 N–H and O–H groups in total. The summed E-state index contributed by atoms with van der Waals surface area (Å²) in [6.45, 7) is 0.997. The molecule has 0 fully saturated rings. The minimum absolute atomic E-state index is 0.00437. The molecule has 0 aliphatic carbocycles. The zero-order chi connectivity index (χ0) is 53.7. The monoisotopic (exact) mass is 1020 g/mol. The maximum absolute atomic E-state index is 14.0. The SMILES string of the molecule is CSCC[C@H](NC(=O)[C@H](CCC(=O)O)NC(=O)[C@@H](N)CCC(=O)O)C(=O)N[C@@H](CC(N)=O)C(=O)N[C@@H](CCCN=C(N)N)C(=O)N[C@@H](CCCN=C(N)N)C(=O)N[C@@H](C)C(=O)N[C@@H](CC(=O)O)C(=O)O. The number of carboxylic acids is 4. The highest BCUT2D eigenvalue weighted by atomic mass is 32.2. The van der Waals surface area contributed by atoms with Crippen molar-refractivity contribution in [2.24, 2.45) is 44.4 Å². The molecule has 0 aromatic heterocycles. The predicted octanol–water partition coefficient (Wildman–Crippen LogP) is -7.25. The zero-order valence-electron chi connectivity index (χ0n) is 38.5. The Bertz CT molecular complexity index is 1930. The number of carbonyl (C=O) groups excluding carboxylic acids is 8. The number of nitrogens with one attached hydrogen (secondary N) is 7. The van der Waals surface area contributed by atoms with Gasteiger partial charge in [0.25, 0.3) is 0 Å². The van der Waals surface area contributed by atoms with Crippen LogP contribution in [-0.2, 0) is 57.5 Å². The molecule has 394 valence electrons. The molecule has 32 heteroatoms. The molecule has 8 atom stereocenters. The van der Waals surface area contributed by atoms with Crippen LogP contribution < -0.4 is 71.6 Å². The molecule has 0 unspecified atom stereocenters. The third-order valence-corrected chi connectivity index (χ3v) is 10.1. The zero-order valence-corrected chi connectivity index (χ0v) is 39.3. The summed E-state index contributed by atoms with van der Waals surface area (Å²) in [7, 11) is 0. The third-order valence-electron chi connectivity index (χ3n) is 9.47. The smallest absolute Gasteiger partial charge is 0.326 e. The van der Waals surface area contributed by atoms with Crippen LogP contribution >= 0.6 is 11.8 Å². The molecule has 0 aromatic carbocycles. The molecular formula is C38H65N15O16S. The highest BCUT2D eigenvalue weighted by molar-refractivity contribution is 7.98. The van der Waals surface area contributed by atoms with E-state index in [0.717, 1.165) is 6.92 Å². The quantitative estimate of drug-likeness (QED) is 0.0157. The topological polar surface area (TPSA) is 551 Å². The van der Waals surface area contributed by atoms with Crippen molar-refractivity contribution in [2.75, 3.05) is 25.1 Å². The van der Waals surface area contributed by atoms with Gasteiger partial charge in [-0.1, -0.05) is 0 Å². The number of guanidine groups is 2. The van der Waals surface area contributed by atoms with Crippen LogP contribution in [0, 0.1) is 0 Å². The molecular weight excluding hydrogens is 955 g/mol. The first-order valence-electron chi connectivity index (χ1n) is 21.3. The van der Waals surface area contributed by atoms with E-state index < -0.39 is 152 Å². The van der Waals surface area contributed by atoms with Crippen molar-refractivity contribution in [1.82, 2.24) is 37.2 Å². The van der Waals surface area contributed by atoms with E-state index in [0.29, 0.717) is 0 Å². The Morgan fingerprint density at radius 2 is 0.857 bits per heavy atom. The number of carboxylic acid groups (broad SMARTS) is 4. The molecule has 31 nitrogen and oxygen atoms in total. The fourth-order valence-corrected chi connectivity index (χ4v) is 6.30. The van der Waals surface area contributed by atoms with Gasteiger partial charge in [-0.3, -0.25) is 62.7 Å². The van der Waals surface area contributed by atoms with Gasteiger partial charge in [0.2, 0.25) is 47.3 Å².